The molecule has 9 heteroatoms. The minimum Gasteiger partial charge on any atom is -0.454 e. The molecule has 0 spiro atoms. The molecule has 1 aromatic heterocycles. The smallest absolute Gasteiger partial charge is 0.269 e. The average Bonchev–Trinajstić information content (AvgIpc) is 3.35. The fraction of sp³-hybridized carbons (Fsp3) is 0.0526. The number of ether oxygens (including phenoxy) is 2. The Bertz CT molecular complexity index is 1080. The predicted molar refractivity (Wildman–Crippen MR) is 104 cm³/mol. The molecule has 4 rings (SSSR count). The molecule has 8 nitrogen and oxygen atoms in total. The Morgan fingerprint density at radius 1 is 1.18 bits per heavy atom. The SMILES string of the molecule is O=C(/C=C/c1ccc2c(c1)OCO2)Nc1nc(-c2ccc([N+](=O)[O-])cc2)cs1. The molecule has 2 aromatic carbocycles. The van der Waals surface area contributed by atoms with E-state index in [1.807, 2.05) is 6.07 Å². The van der Waals surface area contributed by atoms with E-state index in [9.17, 15) is 14.9 Å². The van der Waals surface area contributed by atoms with Crippen molar-refractivity contribution in [2.45, 2.75) is 0 Å². The molecule has 0 atom stereocenters. The molecule has 0 radical (unpaired) electrons. The fourth-order valence-electron chi connectivity index (χ4n) is 2.55. The molecular formula is C19H13N3O5S. The van der Waals surface area contributed by atoms with Crippen LogP contribution in [0.5, 0.6) is 11.5 Å². The molecule has 2 heterocycles. The maximum atomic E-state index is 12.1. The van der Waals surface area contributed by atoms with Gasteiger partial charge in [-0.05, 0) is 35.9 Å². The molecule has 0 saturated carbocycles. The molecule has 1 amide bonds. The van der Waals surface area contributed by atoms with Crippen molar-refractivity contribution in [2.24, 2.45) is 0 Å². The first-order chi connectivity index (χ1) is 13.6. The van der Waals surface area contributed by atoms with Crippen molar-refractivity contribution in [2.75, 3.05) is 12.1 Å². The number of nitrogens with zero attached hydrogens (tertiary/aromatic N) is 2. The highest BCUT2D eigenvalue weighted by atomic mass is 32.1. The van der Waals surface area contributed by atoms with E-state index in [1.165, 1.54) is 29.5 Å². The van der Waals surface area contributed by atoms with Gasteiger partial charge in [-0.15, -0.1) is 11.3 Å². The van der Waals surface area contributed by atoms with Crippen LogP contribution in [0.4, 0.5) is 10.8 Å². The fourth-order valence-corrected chi connectivity index (χ4v) is 3.28. The van der Waals surface area contributed by atoms with Gasteiger partial charge in [0.1, 0.15) is 0 Å². The number of nitro benzene ring substituents is 1. The second-order valence-corrected chi connectivity index (χ2v) is 6.64. The number of carbonyl (C=O) groups is 1. The van der Waals surface area contributed by atoms with E-state index in [1.54, 1.807) is 35.7 Å². The first-order valence-corrected chi connectivity index (χ1v) is 9.05. The normalized spacial score (nSPS) is 12.3. The molecule has 1 aliphatic heterocycles. The number of non-ortho nitro benzene ring substituents is 1. The summed E-state index contributed by atoms with van der Waals surface area (Å²) in [5.41, 5.74) is 2.19. The summed E-state index contributed by atoms with van der Waals surface area (Å²) >= 11 is 1.27. The lowest BCUT2D eigenvalue weighted by atomic mass is 10.1. The topological polar surface area (TPSA) is 104 Å². The summed E-state index contributed by atoms with van der Waals surface area (Å²) in [4.78, 5) is 26.7. The highest BCUT2D eigenvalue weighted by Gasteiger charge is 2.13. The molecule has 3 aromatic rings. The largest absolute Gasteiger partial charge is 0.454 e. The monoisotopic (exact) mass is 395 g/mol. The number of nitrogens with one attached hydrogen (secondary N) is 1. The van der Waals surface area contributed by atoms with Crippen LogP contribution >= 0.6 is 11.3 Å². The van der Waals surface area contributed by atoms with Crippen LogP contribution in [0.25, 0.3) is 17.3 Å². The van der Waals surface area contributed by atoms with Crippen molar-refractivity contribution in [3.8, 4) is 22.8 Å². The zero-order valence-electron chi connectivity index (χ0n) is 14.3. The molecule has 0 saturated heterocycles. The van der Waals surface area contributed by atoms with Crippen LogP contribution < -0.4 is 14.8 Å². The number of amides is 1. The maximum Gasteiger partial charge on any atom is 0.269 e. The van der Waals surface area contributed by atoms with Gasteiger partial charge in [0, 0.05) is 29.2 Å². The Morgan fingerprint density at radius 2 is 1.96 bits per heavy atom. The lowest BCUT2D eigenvalue weighted by molar-refractivity contribution is -0.384. The highest BCUT2D eigenvalue weighted by Crippen LogP contribution is 2.32. The number of hydrogen-bond donors (Lipinski definition) is 1. The summed E-state index contributed by atoms with van der Waals surface area (Å²) in [6.07, 6.45) is 3.08. The summed E-state index contributed by atoms with van der Waals surface area (Å²) in [5, 5.41) is 15.6. The predicted octanol–water partition coefficient (Wildman–Crippen LogP) is 4.10. The van der Waals surface area contributed by atoms with Crippen LogP contribution in [0.3, 0.4) is 0 Å². The summed E-state index contributed by atoms with van der Waals surface area (Å²) < 4.78 is 10.6. The molecule has 28 heavy (non-hydrogen) atoms. The zero-order valence-corrected chi connectivity index (χ0v) is 15.1. The van der Waals surface area contributed by atoms with Gasteiger partial charge in [0.2, 0.25) is 12.7 Å². The Labute approximate surface area is 163 Å². The summed E-state index contributed by atoms with van der Waals surface area (Å²) in [5.74, 6) is 1.01. The van der Waals surface area contributed by atoms with Gasteiger partial charge in [0.05, 0.1) is 10.6 Å². The van der Waals surface area contributed by atoms with Gasteiger partial charge in [-0.2, -0.15) is 0 Å². The van der Waals surface area contributed by atoms with Crippen molar-refractivity contribution in [1.82, 2.24) is 4.98 Å². The van der Waals surface area contributed by atoms with E-state index in [0.717, 1.165) is 11.1 Å². The molecule has 1 N–H and O–H groups in total. The average molecular weight is 395 g/mol. The number of benzene rings is 2. The number of aromatic nitrogens is 1. The summed E-state index contributed by atoms with van der Waals surface area (Å²) in [6.45, 7) is 0.199. The molecule has 0 aliphatic carbocycles. The Kier molecular flexibility index (Phi) is 4.73. The van der Waals surface area contributed by atoms with Crippen LogP contribution in [-0.4, -0.2) is 22.6 Å². The first-order valence-electron chi connectivity index (χ1n) is 8.17. The summed E-state index contributed by atoms with van der Waals surface area (Å²) in [6, 6.07) is 11.5. The van der Waals surface area contributed by atoms with Crippen LogP contribution in [0.2, 0.25) is 0 Å². The molecule has 140 valence electrons. The Morgan fingerprint density at radius 3 is 2.75 bits per heavy atom. The van der Waals surface area contributed by atoms with Gasteiger partial charge in [0.15, 0.2) is 16.6 Å². The van der Waals surface area contributed by atoms with Gasteiger partial charge in [-0.1, -0.05) is 6.07 Å². The van der Waals surface area contributed by atoms with Crippen molar-refractivity contribution in [1.29, 1.82) is 0 Å². The second kappa shape index (κ2) is 7.49. The number of hydrogen-bond acceptors (Lipinski definition) is 7. The minimum atomic E-state index is -0.455. The molecule has 0 bridgehead atoms. The van der Waals surface area contributed by atoms with Gasteiger partial charge in [0.25, 0.3) is 5.69 Å². The number of fused-ring (bicyclic) bond motifs is 1. The van der Waals surface area contributed by atoms with E-state index in [4.69, 9.17) is 9.47 Å². The molecular weight excluding hydrogens is 382 g/mol. The Balaban J connectivity index is 1.40. The summed E-state index contributed by atoms with van der Waals surface area (Å²) in [7, 11) is 0. The minimum absolute atomic E-state index is 0.0150. The quantitative estimate of drug-likeness (QED) is 0.396. The van der Waals surface area contributed by atoms with Crippen LogP contribution in [0.1, 0.15) is 5.56 Å². The lowest BCUT2D eigenvalue weighted by Gasteiger charge is -1.99. The van der Waals surface area contributed by atoms with Crippen LogP contribution in [0, 0.1) is 10.1 Å². The zero-order chi connectivity index (χ0) is 19.5. The van der Waals surface area contributed by atoms with Crippen molar-refractivity contribution in [3.05, 3.63) is 69.6 Å². The number of thiazole rings is 1. The van der Waals surface area contributed by atoms with Gasteiger partial charge >= 0.3 is 0 Å². The highest BCUT2D eigenvalue weighted by molar-refractivity contribution is 7.14. The third-order valence-electron chi connectivity index (χ3n) is 3.93. The lowest BCUT2D eigenvalue weighted by Crippen LogP contribution is -2.07. The first kappa shape index (κ1) is 17.7. The van der Waals surface area contributed by atoms with Crippen molar-refractivity contribution >= 4 is 34.1 Å². The second-order valence-electron chi connectivity index (χ2n) is 5.78. The van der Waals surface area contributed by atoms with Crippen LogP contribution in [-0.2, 0) is 4.79 Å². The number of carbonyl (C=O) groups excluding carboxylic acids is 1. The Hall–Kier alpha value is -3.72. The number of nitro groups is 1. The van der Waals surface area contributed by atoms with E-state index in [-0.39, 0.29) is 18.4 Å². The van der Waals surface area contributed by atoms with Gasteiger partial charge in [-0.25, -0.2) is 4.98 Å². The molecule has 0 fully saturated rings. The molecule has 1 aliphatic rings. The third kappa shape index (κ3) is 3.84. The van der Waals surface area contributed by atoms with E-state index < -0.39 is 4.92 Å². The van der Waals surface area contributed by atoms with E-state index in [2.05, 4.69) is 10.3 Å². The van der Waals surface area contributed by atoms with E-state index in [0.29, 0.717) is 22.3 Å². The van der Waals surface area contributed by atoms with Gasteiger partial charge < -0.3 is 9.47 Å². The number of anilines is 1. The standard InChI is InChI=1S/C19H13N3O5S/c23-18(8-2-12-1-7-16-17(9-12)27-11-26-16)21-19-20-15(10-28-19)13-3-5-14(6-4-13)22(24)25/h1-10H,11H2,(H,20,21,23)/b8-2+. The van der Waals surface area contributed by atoms with Crippen molar-refractivity contribution < 1.29 is 19.2 Å². The van der Waals surface area contributed by atoms with E-state index >= 15 is 0 Å². The third-order valence-corrected chi connectivity index (χ3v) is 4.69. The molecule has 0 unspecified atom stereocenters. The maximum absolute atomic E-state index is 12.1. The van der Waals surface area contributed by atoms with Crippen molar-refractivity contribution in [3.63, 3.8) is 0 Å². The van der Waals surface area contributed by atoms with Crippen LogP contribution in [0.15, 0.2) is 53.9 Å². The van der Waals surface area contributed by atoms with Gasteiger partial charge in [-0.3, -0.25) is 20.2 Å². The number of rotatable bonds is 5.